The smallest absolute Gasteiger partial charge is 0.0352 e. The topological polar surface area (TPSA) is 52.0 Å². The third-order valence-electron chi connectivity index (χ3n) is 3.17. The largest absolute Gasteiger partial charge is 0.399 e. The Labute approximate surface area is 103 Å². The lowest BCUT2D eigenvalue weighted by molar-refractivity contribution is 0.718. The Morgan fingerprint density at radius 3 is 2.53 bits per heavy atom. The molecule has 2 aromatic carbocycles. The van der Waals surface area contributed by atoms with E-state index in [1.165, 1.54) is 30.2 Å². The normalized spacial score (nSPS) is 10.9. The van der Waals surface area contributed by atoms with Crippen LogP contribution in [-0.2, 0) is 6.42 Å². The minimum Gasteiger partial charge on any atom is -0.399 e. The van der Waals surface area contributed by atoms with Gasteiger partial charge in [0.15, 0.2) is 0 Å². The predicted octanol–water partition coefficient (Wildman–Crippen LogP) is 3.74. The number of hydrogen-bond donors (Lipinski definition) is 2. The number of rotatable bonds is 4. The van der Waals surface area contributed by atoms with E-state index in [2.05, 4.69) is 19.1 Å². The summed E-state index contributed by atoms with van der Waals surface area (Å²) in [7, 11) is 0. The molecule has 17 heavy (non-hydrogen) atoms. The molecule has 0 atom stereocenters. The lowest BCUT2D eigenvalue weighted by Crippen LogP contribution is -1.95. The molecular weight excluding hydrogens is 208 g/mol. The van der Waals surface area contributed by atoms with Gasteiger partial charge >= 0.3 is 0 Å². The second kappa shape index (κ2) is 5.09. The van der Waals surface area contributed by atoms with Crippen molar-refractivity contribution in [3.8, 4) is 0 Å². The number of nitrogen functional groups attached to an aromatic ring is 2. The SMILES string of the molecule is CCCCCc1cc2cc(N)ccc2cc1N. The highest BCUT2D eigenvalue weighted by molar-refractivity contribution is 5.89. The highest BCUT2D eigenvalue weighted by Gasteiger charge is 2.02. The van der Waals surface area contributed by atoms with Crippen molar-refractivity contribution in [1.82, 2.24) is 0 Å². The van der Waals surface area contributed by atoms with Crippen LogP contribution in [0.4, 0.5) is 11.4 Å². The summed E-state index contributed by atoms with van der Waals surface area (Å²) in [6.45, 7) is 2.21. The number of nitrogens with two attached hydrogens (primary N) is 2. The van der Waals surface area contributed by atoms with Crippen LogP contribution in [0.2, 0.25) is 0 Å². The summed E-state index contributed by atoms with van der Waals surface area (Å²) in [6, 6.07) is 10.2. The zero-order chi connectivity index (χ0) is 12.3. The second-order valence-corrected chi connectivity index (χ2v) is 4.61. The molecule has 0 amide bonds. The number of hydrogen-bond acceptors (Lipinski definition) is 2. The summed E-state index contributed by atoms with van der Waals surface area (Å²) in [6.07, 6.45) is 4.76. The third-order valence-corrected chi connectivity index (χ3v) is 3.17. The van der Waals surface area contributed by atoms with Crippen molar-refractivity contribution < 1.29 is 0 Å². The fourth-order valence-electron chi connectivity index (χ4n) is 2.16. The lowest BCUT2D eigenvalue weighted by Gasteiger charge is -2.08. The van der Waals surface area contributed by atoms with Gasteiger partial charge in [-0.05, 0) is 53.4 Å². The highest BCUT2D eigenvalue weighted by Crippen LogP contribution is 2.25. The molecule has 2 rings (SSSR count). The van der Waals surface area contributed by atoms with Gasteiger partial charge in [0.1, 0.15) is 0 Å². The number of unbranched alkanes of at least 4 members (excludes halogenated alkanes) is 2. The standard InChI is InChI=1S/C15H20N2/c1-2-3-4-5-12-8-13-9-14(16)7-6-11(13)10-15(12)17/h6-10H,2-5,16-17H2,1H3. The molecule has 0 saturated carbocycles. The Kier molecular flexibility index (Phi) is 3.52. The van der Waals surface area contributed by atoms with Crippen LogP contribution < -0.4 is 11.5 Å². The monoisotopic (exact) mass is 228 g/mol. The van der Waals surface area contributed by atoms with Gasteiger partial charge in [0.2, 0.25) is 0 Å². The van der Waals surface area contributed by atoms with Crippen LogP contribution >= 0.6 is 0 Å². The lowest BCUT2D eigenvalue weighted by atomic mass is 10.0. The molecule has 0 bridgehead atoms. The molecule has 2 heteroatoms. The Morgan fingerprint density at radius 1 is 0.941 bits per heavy atom. The Bertz CT molecular complexity index is 518. The van der Waals surface area contributed by atoms with Gasteiger partial charge in [-0.15, -0.1) is 0 Å². The fourth-order valence-corrected chi connectivity index (χ4v) is 2.16. The molecule has 0 heterocycles. The molecule has 0 aromatic heterocycles. The molecule has 0 spiro atoms. The van der Waals surface area contributed by atoms with Crippen LogP contribution in [0.25, 0.3) is 10.8 Å². The van der Waals surface area contributed by atoms with E-state index < -0.39 is 0 Å². The van der Waals surface area contributed by atoms with Crippen molar-refractivity contribution in [2.75, 3.05) is 11.5 Å². The quantitative estimate of drug-likeness (QED) is 0.618. The maximum absolute atomic E-state index is 6.08. The van der Waals surface area contributed by atoms with E-state index in [4.69, 9.17) is 11.5 Å². The van der Waals surface area contributed by atoms with Gasteiger partial charge in [-0.3, -0.25) is 0 Å². The van der Waals surface area contributed by atoms with Crippen molar-refractivity contribution in [2.45, 2.75) is 32.6 Å². The van der Waals surface area contributed by atoms with Gasteiger partial charge in [-0.2, -0.15) is 0 Å². The van der Waals surface area contributed by atoms with Crippen LogP contribution in [0.5, 0.6) is 0 Å². The van der Waals surface area contributed by atoms with Gasteiger partial charge < -0.3 is 11.5 Å². The summed E-state index contributed by atoms with van der Waals surface area (Å²) in [4.78, 5) is 0. The molecular formula is C15H20N2. The molecule has 2 nitrogen and oxygen atoms in total. The Morgan fingerprint density at radius 2 is 1.76 bits per heavy atom. The van der Waals surface area contributed by atoms with Crippen molar-refractivity contribution in [3.05, 3.63) is 35.9 Å². The maximum atomic E-state index is 6.08. The first kappa shape index (κ1) is 11.8. The molecule has 0 unspecified atom stereocenters. The Balaban J connectivity index is 2.32. The van der Waals surface area contributed by atoms with Gasteiger partial charge in [0.05, 0.1) is 0 Å². The molecule has 0 aliphatic heterocycles. The zero-order valence-corrected chi connectivity index (χ0v) is 10.4. The first-order chi connectivity index (χ1) is 8.20. The van der Waals surface area contributed by atoms with Crippen LogP contribution in [-0.4, -0.2) is 0 Å². The van der Waals surface area contributed by atoms with Crippen LogP contribution in [0.15, 0.2) is 30.3 Å². The minimum absolute atomic E-state index is 0.807. The zero-order valence-electron chi connectivity index (χ0n) is 10.4. The van der Waals surface area contributed by atoms with E-state index in [1.807, 2.05) is 18.2 Å². The van der Waals surface area contributed by atoms with Gasteiger partial charge in [-0.1, -0.05) is 25.8 Å². The van der Waals surface area contributed by atoms with E-state index in [0.29, 0.717) is 0 Å². The van der Waals surface area contributed by atoms with Crippen molar-refractivity contribution in [2.24, 2.45) is 0 Å². The van der Waals surface area contributed by atoms with Crippen LogP contribution in [0, 0.1) is 0 Å². The summed E-state index contributed by atoms with van der Waals surface area (Å²) in [5, 5.41) is 2.35. The first-order valence-electron chi connectivity index (χ1n) is 6.28. The summed E-state index contributed by atoms with van der Waals surface area (Å²) >= 11 is 0. The van der Waals surface area contributed by atoms with Crippen molar-refractivity contribution >= 4 is 22.1 Å². The molecule has 2 aromatic rings. The molecule has 0 saturated heterocycles. The molecule has 0 aliphatic carbocycles. The fraction of sp³-hybridized carbons (Fsp3) is 0.333. The maximum Gasteiger partial charge on any atom is 0.0352 e. The van der Waals surface area contributed by atoms with E-state index in [-0.39, 0.29) is 0 Å². The van der Waals surface area contributed by atoms with E-state index in [0.717, 1.165) is 23.2 Å². The summed E-state index contributed by atoms with van der Waals surface area (Å²) in [5.41, 5.74) is 14.8. The molecule has 4 N–H and O–H groups in total. The van der Waals surface area contributed by atoms with E-state index in [9.17, 15) is 0 Å². The molecule has 90 valence electrons. The number of aryl methyl sites for hydroxylation is 1. The molecule has 0 radical (unpaired) electrons. The van der Waals surface area contributed by atoms with Gasteiger partial charge in [0.25, 0.3) is 0 Å². The first-order valence-corrected chi connectivity index (χ1v) is 6.28. The summed E-state index contributed by atoms with van der Waals surface area (Å²) < 4.78 is 0. The third kappa shape index (κ3) is 2.70. The van der Waals surface area contributed by atoms with Crippen molar-refractivity contribution in [3.63, 3.8) is 0 Å². The van der Waals surface area contributed by atoms with E-state index in [1.54, 1.807) is 0 Å². The Hall–Kier alpha value is -1.70. The average molecular weight is 228 g/mol. The molecule has 0 aliphatic rings. The minimum atomic E-state index is 0.807. The van der Waals surface area contributed by atoms with Gasteiger partial charge in [-0.25, -0.2) is 0 Å². The number of fused-ring (bicyclic) bond motifs is 1. The number of benzene rings is 2. The van der Waals surface area contributed by atoms with Crippen LogP contribution in [0.1, 0.15) is 31.7 Å². The second-order valence-electron chi connectivity index (χ2n) is 4.61. The molecule has 0 fully saturated rings. The highest BCUT2D eigenvalue weighted by atomic mass is 14.6. The van der Waals surface area contributed by atoms with Gasteiger partial charge in [0, 0.05) is 11.4 Å². The van der Waals surface area contributed by atoms with Crippen LogP contribution in [0.3, 0.4) is 0 Å². The van der Waals surface area contributed by atoms with Crippen molar-refractivity contribution in [1.29, 1.82) is 0 Å². The van der Waals surface area contributed by atoms with E-state index >= 15 is 0 Å². The number of anilines is 2. The summed E-state index contributed by atoms with van der Waals surface area (Å²) in [5.74, 6) is 0. The predicted molar refractivity (Wildman–Crippen MR) is 76.0 cm³/mol. The average Bonchev–Trinajstić information content (AvgIpc) is 2.31.